The molecule has 0 spiro atoms. The standard InChI is InChI=1S/C52H38N4/c1-51(2)43-18-12-11-17-39(43)42-31-54-47(28-46(42)51)37-24-36(35-20-22-41-40-21-19-32(30-53)23-44(40)52(3,4)45(41)27-35)25-38(26-37)49-29-48(33-13-7-5-8-14-33)55-50(56-49)34-15-9-6-10-16-34/h5-29,31H,1-4H3. The van der Waals surface area contributed by atoms with Crippen molar-refractivity contribution in [2.75, 3.05) is 0 Å². The van der Waals surface area contributed by atoms with Gasteiger partial charge in [0, 0.05) is 44.8 Å². The highest BCUT2D eigenvalue weighted by molar-refractivity contribution is 5.88. The maximum Gasteiger partial charge on any atom is 0.160 e. The van der Waals surface area contributed by atoms with E-state index < -0.39 is 0 Å². The van der Waals surface area contributed by atoms with Crippen LogP contribution >= 0.6 is 0 Å². The molecule has 0 fully saturated rings. The largest absolute Gasteiger partial charge is 0.256 e. The fourth-order valence-electron chi connectivity index (χ4n) is 8.90. The molecule has 4 heteroatoms. The van der Waals surface area contributed by atoms with Gasteiger partial charge in [-0.3, -0.25) is 4.98 Å². The molecule has 0 saturated heterocycles. The van der Waals surface area contributed by atoms with Crippen molar-refractivity contribution in [1.82, 2.24) is 15.0 Å². The minimum atomic E-state index is -0.266. The van der Waals surface area contributed by atoms with Gasteiger partial charge in [-0.1, -0.05) is 131 Å². The molecule has 2 aromatic heterocycles. The van der Waals surface area contributed by atoms with E-state index in [1.165, 1.54) is 44.5 Å². The molecule has 0 aliphatic heterocycles. The van der Waals surface area contributed by atoms with Crippen molar-refractivity contribution in [1.29, 1.82) is 5.26 Å². The van der Waals surface area contributed by atoms with Gasteiger partial charge in [0.1, 0.15) is 0 Å². The average molecular weight is 719 g/mol. The molecular formula is C52H38N4. The van der Waals surface area contributed by atoms with E-state index in [4.69, 9.17) is 15.0 Å². The summed E-state index contributed by atoms with van der Waals surface area (Å²) in [6.45, 7) is 9.14. The molecule has 4 nitrogen and oxygen atoms in total. The first-order chi connectivity index (χ1) is 27.2. The summed E-state index contributed by atoms with van der Waals surface area (Å²) < 4.78 is 0. The van der Waals surface area contributed by atoms with E-state index in [2.05, 4.69) is 149 Å². The molecule has 0 bridgehead atoms. The number of aromatic nitrogens is 3. The Morgan fingerprint density at radius 2 is 0.964 bits per heavy atom. The quantitative estimate of drug-likeness (QED) is 0.178. The van der Waals surface area contributed by atoms with Crippen LogP contribution in [-0.4, -0.2) is 15.0 Å². The molecule has 0 N–H and O–H groups in total. The van der Waals surface area contributed by atoms with Gasteiger partial charge in [0.2, 0.25) is 0 Å². The number of nitriles is 1. The van der Waals surface area contributed by atoms with Crippen LogP contribution in [0.5, 0.6) is 0 Å². The van der Waals surface area contributed by atoms with E-state index in [-0.39, 0.29) is 10.8 Å². The Hall–Kier alpha value is -6.96. The van der Waals surface area contributed by atoms with Gasteiger partial charge in [-0.2, -0.15) is 5.26 Å². The first-order valence-corrected chi connectivity index (χ1v) is 19.2. The number of nitrogens with zero attached hydrogens (tertiary/aromatic N) is 4. The normalized spacial score (nSPS) is 14.0. The highest BCUT2D eigenvalue weighted by atomic mass is 14.9. The van der Waals surface area contributed by atoms with Gasteiger partial charge in [-0.15, -0.1) is 0 Å². The summed E-state index contributed by atoms with van der Waals surface area (Å²) in [6, 6.07) is 55.6. The van der Waals surface area contributed by atoms with E-state index in [0.717, 1.165) is 50.5 Å². The first kappa shape index (κ1) is 33.6. The Balaban J connectivity index is 1.18. The summed E-state index contributed by atoms with van der Waals surface area (Å²) >= 11 is 0. The summed E-state index contributed by atoms with van der Waals surface area (Å²) in [4.78, 5) is 15.5. The highest BCUT2D eigenvalue weighted by Gasteiger charge is 2.37. The third-order valence-corrected chi connectivity index (χ3v) is 12.0. The molecule has 2 aliphatic carbocycles. The van der Waals surface area contributed by atoms with Gasteiger partial charge in [0.15, 0.2) is 5.82 Å². The number of rotatable bonds is 5. The third-order valence-electron chi connectivity index (χ3n) is 12.0. The fourth-order valence-corrected chi connectivity index (χ4v) is 8.90. The maximum absolute atomic E-state index is 9.71. The van der Waals surface area contributed by atoms with Crippen LogP contribution in [0.1, 0.15) is 55.5 Å². The lowest BCUT2D eigenvalue weighted by atomic mass is 9.81. The first-order valence-electron chi connectivity index (χ1n) is 19.2. The number of hydrogen-bond donors (Lipinski definition) is 0. The molecule has 6 aromatic carbocycles. The predicted octanol–water partition coefficient (Wildman–Crippen LogP) is 12.7. The molecule has 2 aliphatic rings. The van der Waals surface area contributed by atoms with Crippen LogP contribution in [0.15, 0.2) is 158 Å². The van der Waals surface area contributed by atoms with E-state index in [1.54, 1.807) is 0 Å². The Kier molecular flexibility index (Phi) is 7.53. The monoisotopic (exact) mass is 718 g/mol. The lowest BCUT2D eigenvalue weighted by Gasteiger charge is -2.22. The number of fused-ring (bicyclic) bond motifs is 6. The minimum Gasteiger partial charge on any atom is -0.256 e. The fraction of sp³-hybridized carbons (Fsp3) is 0.115. The van der Waals surface area contributed by atoms with Crippen molar-refractivity contribution in [3.63, 3.8) is 0 Å². The molecule has 2 heterocycles. The predicted molar refractivity (Wildman–Crippen MR) is 227 cm³/mol. The van der Waals surface area contributed by atoms with Gasteiger partial charge < -0.3 is 0 Å². The molecule has 10 rings (SSSR count). The third kappa shape index (κ3) is 5.31. The molecule has 8 aromatic rings. The van der Waals surface area contributed by atoms with Gasteiger partial charge in [-0.25, -0.2) is 9.97 Å². The van der Waals surface area contributed by atoms with Gasteiger partial charge in [0.25, 0.3) is 0 Å². The number of pyridine rings is 1. The van der Waals surface area contributed by atoms with Crippen molar-refractivity contribution in [2.45, 2.75) is 38.5 Å². The van der Waals surface area contributed by atoms with Gasteiger partial charge >= 0.3 is 0 Å². The summed E-state index contributed by atoms with van der Waals surface area (Å²) in [5.74, 6) is 0.679. The van der Waals surface area contributed by atoms with Crippen LogP contribution in [0, 0.1) is 11.3 Å². The number of hydrogen-bond acceptors (Lipinski definition) is 4. The lowest BCUT2D eigenvalue weighted by molar-refractivity contribution is 0.660. The smallest absolute Gasteiger partial charge is 0.160 e. The van der Waals surface area contributed by atoms with Crippen molar-refractivity contribution in [3.05, 3.63) is 186 Å². The van der Waals surface area contributed by atoms with Crippen LogP contribution < -0.4 is 0 Å². The van der Waals surface area contributed by atoms with Crippen LogP contribution in [0.25, 0.3) is 78.5 Å². The van der Waals surface area contributed by atoms with Crippen molar-refractivity contribution in [2.24, 2.45) is 0 Å². The molecule has 0 atom stereocenters. The minimum absolute atomic E-state index is 0.155. The summed E-state index contributed by atoms with van der Waals surface area (Å²) in [7, 11) is 0. The highest BCUT2D eigenvalue weighted by Crippen LogP contribution is 2.51. The van der Waals surface area contributed by atoms with Gasteiger partial charge in [-0.05, 0) is 98.6 Å². The molecule has 56 heavy (non-hydrogen) atoms. The van der Waals surface area contributed by atoms with Gasteiger partial charge in [0.05, 0.1) is 28.7 Å². The van der Waals surface area contributed by atoms with E-state index in [0.29, 0.717) is 11.4 Å². The zero-order valence-corrected chi connectivity index (χ0v) is 31.8. The lowest BCUT2D eigenvalue weighted by Crippen LogP contribution is -2.15. The van der Waals surface area contributed by atoms with E-state index >= 15 is 0 Å². The molecule has 0 radical (unpaired) electrons. The SMILES string of the molecule is CC1(C)c2cc(C#N)ccc2-c2ccc(-c3cc(-c4cc5c(cn4)-c4ccccc4C5(C)C)cc(-c4cc(-c5ccccc5)nc(-c5ccccc5)n4)c3)cc21. The Morgan fingerprint density at radius 3 is 1.70 bits per heavy atom. The van der Waals surface area contributed by atoms with Crippen LogP contribution in [-0.2, 0) is 10.8 Å². The zero-order chi connectivity index (χ0) is 38.2. The van der Waals surface area contributed by atoms with Crippen molar-refractivity contribution in [3.8, 4) is 84.6 Å². The zero-order valence-electron chi connectivity index (χ0n) is 31.8. The van der Waals surface area contributed by atoms with E-state index in [1.807, 2.05) is 42.5 Å². The average Bonchev–Trinajstić information content (AvgIpc) is 3.62. The second kappa shape index (κ2) is 12.5. The van der Waals surface area contributed by atoms with E-state index in [9.17, 15) is 5.26 Å². The number of benzene rings is 6. The second-order valence-electron chi connectivity index (χ2n) is 16.0. The molecule has 0 amide bonds. The Labute approximate surface area is 327 Å². The van der Waals surface area contributed by atoms with Crippen LogP contribution in [0.3, 0.4) is 0 Å². The Bertz CT molecular complexity index is 2860. The maximum atomic E-state index is 9.71. The molecule has 0 saturated carbocycles. The van der Waals surface area contributed by atoms with Crippen LogP contribution in [0.2, 0.25) is 0 Å². The molecular weight excluding hydrogens is 681 g/mol. The second-order valence-corrected chi connectivity index (χ2v) is 16.0. The molecule has 266 valence electrons. The van der Waals surface area contributed by atoms with Crippen molar-refractivity contribution < 1.29 is 0 Å². The molecule has 0 unspecified atom stereocenters. The summed E-state index contributed by atoms with van der Waals surface area (Å²) in [5.41, 5.74) is 19.0. The van der Waals surface area contributed by atoms with Crippen LogP contribution in [0.4, 0.5) is 0 Å². The Morgan fingerprint density at radius 1 is 0.411 bits per heavy atom. The summed E-state index contributed by atoms with van der Waals surface area (Å²) in [5, 5.41) is 9.71. The topological polar surface area (TPSA) is 62.5 Å². The van der Waals surface area contributed by atoms with Crippen molar-refractivity contribution >= 4 is 0 Å². The summed E-state index contributed by atoms with van der Waals surface area (Å²) in [6.07, 6.45) is 2.06.